The first-order chi connectivity index (χ1) is 23.4. The molecule has 0 aliphatic heterocycles. The average Bonchev–Trinajstić information content (AvgIpc) is 3.03. The van der Waals surface area contributed by atoms with E-state index < -0.39 is 56.7 Å². The van der Waals surface area contributed by atoms with Gasteiger partial charge in [0.2, 0.25) is 0 Å². The fourth-order valence-electron chi connectivity index (χ4n) is 5.61. The minimum absolute atomic E-state index is 0.0815. The Morgan fingerprint density at radius 3 is 1.12 bits per heavy atom. The molecule has 0 aromatic carbocycles. The molecule has 0 fully saturated rings. The van der Waals surface area contributed by atoms with Crippen LogP contribution in [0, 0.1) is 0 Å². The third-order valence-corrected chi connectivity index (χ3v) is 10.9. The van der Waals surface area contributed by atoms with E-state index in [-0.39, 0.29) is 13.5 Å². The summed E-state index contributed by atoms with van der Waals surface area (Å²) >= 11 is 0. The molecule has 0 N–H and O–H groups in total. The van der Waals surface area contributed by atoms with Crippen molar-refractivity contribution in [3.63, 3.8) is 0 Å². The van der Waals surface area contributed by atoms with Crippen LogP contribution >= 0.6 is 0 Å². The molecule has 0 spiro atoms. The van der Waals surface area contributed by atoms with Gasteiger partial charge in [0.15, 0.2) is 0 Å². The van der Waals surface area contributed by atoms with Gasteiger partial charge < -0.3 is 4.74 Å². The molecule has 50 heavy (non-hydrogen) atoms. The number of nitrogens with zero attached hydrogens (tertiary/aromatic N) is 1. The molecule has 0 saturated carbocycles. The van der Waals surface area contributed by atoms with Crippen LogP contribution in [0.2, 0.25) is 0 Å². The van der Waals surface area contributed by atoms with Crippen molar-refractivity contribution in [3.05, 3.63) is 0 Å². The second-order valence-corrected chi connectivity index (χ2v) is 15.5. The smallest absolute Gasteiger partial charge is 0.460 e. The highest BCUT2D eigenvalue weighted by molar-refractivity contribution is 7.90. The van der Waals surface area contributed by atoms with E-state index in [2.05, 4.69) is 11.7 Å². The molecule has 15 heteroatoms. The summed E-state index contributed by atoms with van der Waals surface area (Å²) in [7, 11) is -6.45. The van der Waals surface area contributed by atoms with Gasteiger partial charge in [0.25, 0.3) is 10.0 Å². The Labute approximate surface area is 294 Å². The number of esters is 1. The topological polar surface area (TPSA) is 63.7 Å². The average molecular weight is 764 g/mol. The zero-order chi connectivity index (χ0) is 38.2. The highest BCUT2D eigenvalue weighted by atomic mass is 32.2. The Hall–Kier alpha value is -1.25. The van der Waals surface area contributed by atoms with Gasteiger partial charge in [-0.05, 0) is 6.42 Å². The van der Waals surface area contributed by atoms with Crippen molar-refractivity contribution >= 4 is 16.0 Å². The van der Waals surface area contributed by atoms with Crippen LogP contribution in [-0.2, 0) is 19.6 Å². The number of likely N-dealkylation sites (N-methyl/N-ethyl adjacent to an activating group) is 1. The monoisotopic (exact) mass is 763 g/mol. The number of sulfonamides is 1. The maximum absolute atomic E-state index is 13.9. The van der Waals surface area contributed by atoms with Crippen molar-refractivity contribution in [2.24, 2.45) is 0 Å². The summed E-state index contributed by atoms with van der Waals surface area (Å²) < 4.78 is 145. The number of unbranched alkanes of at least 4 members (excludes halogenated alkanes) is 24. The van der Waals surface area contributed by atoms with Crippen LogP contribution in [0.3, 0.4) is 0 Å². The Morgan fingerprint density at radius 2 is 0.820 bits per heavy atom. The third kappa shape index (κ3) is 18.0. The summed E-state index contributed by atoms with van der Waals surface area (Å²) in [5.74, 6) is -15.5. The van der Waals surface area contributed by atoms with Gasteiger partial charge in [-0.15, -0.1) is 0 Å². The quantitative estimate of drug-likeness (QED) is 0.0379. The first-order valence-corrected chi connectivity index (χ1v) is 20.1. The van der Waals surface area contributed by atoms with Crippen molar-refractivity contribution in [2.45, 2.75) is 197 Å². The van der Waals surface area contributed by atoms with Crippen molar-refractivity contribution < 1.29 is 57.5 Å². The zero-order valence-corrected chi connectivity index (χ0v) is 31.0. The van der Waals surface area contributed by atoms with Gasteiger partial charge in [0.1, 0.15) is 6.61 Å². The van der Waals surface area contributed by atoms with Gasteiger partial charge in [-0.3, -0.25) is 4.79 Å². The number of alkyl halides is 9. The fraction of sp³-hybridized carbons (Fsp3) is 0.971. The van der Waals surface area contributed by atoms with E-state index in [4.69, 9.17) is 0 Å². The summed E-state index contributed by atoms with van der Waals surface area (Å²) in [5.41, 5.74) is 0. The standard InChI is InChI=1S/C35H62F9NO4S/c1-3-4-5-6-7-8-9-10-11-12-13-14-15-16-17-18-19-20-21-22-23-24-25-26-27-28-31(46)49-30-29-45(2)50(47,48)35(43,44)33(38,39)32(36,37)34(40,41)42/h3-30H2,1-2H3. The molecule has 0 atom stereocenters. The molecular weight excluding hydrogens is 701 g/mol. The molecule has 0 bridgehead atoms. The lowest BCUT2D eigenvalue weighted by Gasteiger charge is -2.34. The first-order valence-electron chi connectivity index (χ1n) is 18.7. The van der Waals surface area contributed by atoms with Crippen LogP contribution in [0.25, 0.3) is 0 Å². The van der Waals surface area contributed by atoms with Crippen molar-refractivity contribution in [1.29, 1.82) is 0 Å². The number of carbonyl (C=O) groups excluding carboxylic acids is 1. The lowest BCUT2D eigenvalue weighted by Crippen LogP contribution is -2.65. The molecule has 0 heterocycles. The van der Waals surface area contributed by atoms with E-state index >= 15 is 0 Å². The SMILES string of the molecule is CCCCCCCCCCCCCCCCCCCCCCCCCCCC(=O)OCCN(C)S(=O)(=O)C(F)(F)C(F)(F)C(F)(F)C(F)(F)F. The van der Waals surface area contributed by atoms with E-state index in [0.717, 1.165) is 25.7 Å². The van der Waals surface area contributed by atoms with E-state index in [1.807, 2.05) is 0 Å². The lowest BCUT2D eigenvalue weighted by atomic mass is 10.0. The van der Waals surface area contributed by atoms with Gasteiger partial charge >= 0.3 is 29.2 Å². The van der Waals surface area contributed by atoms with Gasteiger partial charge in [-0.1, -0.05) is 161 Å². The molecule has 0 saturated heterocycles. The summed E-state index contributed by atoms with van der Waals surface area (Å²) in [5, 5.41) is -6.82. The van der Waals surface area contributed by atoms with Crippen molar-refractivity contribution in [2.75, 3.05) is 20.2 Å². The molecule has 0 aromatic rings. The normalized spacial score (nSPS) is 13.4. The fourth-order valence-corrected chi connectivity index (χ4v) is 6.77. The second-order valence-electron chi connectivity index (χ2n) is 13.4. The molecule has 300 valence electrons. The predicted molar refractivity (Wildman–Crippen MR) is 179 cm³/mol. The zero-order valence-electron chi connectivity index (χ0n) is 30.2. The number of hydrogen-bond donors (Lipinski definition) is 0. The Bertz CT molecular complexity index is 980. The van der Waals surface area contributed by atoms with Gasteiger partial charge in [-0.2, -0.15) is 43.8 Å². The van der Waals surface area contributed by atoms with E-state index in [0.29, 0.717) is 12.8 Å². The highest BCUT2D eigenvalue weighted by Gasteiger charge is 2.85. The van der Waals surface area contributed by atoms with E-state index in [9.17, 15) is 52.7 Å². The number of halogens is 9. The summed E-state index contributed by atoms with van der Waals surface area (Å²) in [6.45, 7) is 0.185. The molecule has 0 unspecified atom stereocenters. The molecule has 0 aliphatic carbocycles. The highest BCUT2D eigenvalue weighted by Crippen LogP contribution is 2.55. The van der Waals surface area contributed by atoms with Gasteiger partial charge in [0, 0.05) is 20.0 Å². The molecule has 0 aliphatic rings. The Kier molecular flexibility index (Phi) is 25.0. The van der Waals surface area contributed by atoms with E-state index in [1.165, 1.54) is 122 Å². The van der Waals surface area contributed by atoms with E-state index in [1.54, 1.807) is 0 Å². The Balaban J connectivity index is 3.78. The predicted octanol–water partition coefficient (Wildman–Crippen LogP) is 12.4. The van der Waals surface area contributed by atoms with Crippen LogP contribution < -0.4 is 0 Å². The van der Waals surface area contributed by atoms with Gasteiger partial charge in [-0.25, -0.2) is 8.42 Å². The largest absolute Gasteiger partial charge is 0.464 e. The third-order valence-electron chi connectivity index (χ3n) is 9.00. The number of rotatable bonds is 33. The summed E-state index contributed by atoms with van der Waals surface area (Å²) in [4.78, 5) is 11.8. The van der Waals surface area contributed by atoms with Crippen LogP contribution in [-0.4, -0.2) is 62.2 Å². The van der Waals surface area contributed by atoms with Gasteiger partial charge in [0.05, 0.1) is 0 Å². The van der Waals surface area contributed by atoms with Crippen molar-refractivity contribution in [1.82, 2.24) is 4.31 Å². The van der Waals surface area contributed by atoms with Crippen LogP contribution in [0.4, 0.5) is 39.5 Å². The van der Waals surface area contributed by atoms with Crippen LogP contribution in [0.5, 0.6) is 0 Å². The number of ether oxygens (including phenoxy) is 1. The molecule has 0 rings (SSSR count). The molecular formula is C35H62F9NO4S. The van der Waals surface area contributed by atoms with Crippen molar-refractivity contribution in [3.8, 4) is 0 Å². The summed E-state index contributed by atoms with van der Waals surface area (Å²) in [6, 6.07) is 0. The molecule has 0 amide bonds. The maximum atomic E-state index is 13.9. The first kappa shape index (κ1) is 48.8. The van der Waals surface area contributed by atoms with Crippen LogP contribution in [0.15, 0.2) is 0 Å². The Morgan fingerprint density at radius 1 is 0.520 bits per heavy atom. The number of carbonyl (C=O) groups is 1. The maximum Gasteiger partial charge on any atom is 0.460 e. The minimum atomic E-state index is -7.34. The lowest BCUT2D eigenvalue weighted by molar-refractivity contribution is -0.382. The summed E-state index contributed by atoms with van der Waals surface area (Å²) in [6.07, 6.45) is 23.4. The minimum Gasteiger partial charge on any atom is -0.464 e. The molecule has 0 aromatic heterocycles. The molecule has 5 nitrogen and oxygen atoms in total. The second kappa shape index (κ2) is 25.7. The molecule has 0 radical (unpaired) electrons. The number of hydrogen-bond acceptors (Lipinski definition) is 4. The van der Waals surface area contributed by atoms with Crippen LogP contribution in [0.1, 0.15) is 174 Å².